The fraction of sp³-hybridized carbons (Fsp3) is 0.186. The summed E-state index contributed by atoms with van der Waals surface area (Å²) in [6.45, 7) is 18.7. The lowest BCUT2D eigenvalue weighted by molar-refractivity contribution is 0.591. The molecule has 0 unspecified atom stereocenters. The highest BCUT2D eigenvalue weighted by atomic mass is 15.1. The third kappa shape index (κ3) is 7.04. The van der Waals surface area contributed by atoms with Crippen molar-refractivity contribution in [1.82, 2.24) is 4.57 Å². The van der Waals surface area contributed by atoms with Crippen LogP contribution >= 0.6 is 0 Å². The topological polar surface area (TPSA) is 8.17 Å². The molecular formula is C59H56N2. The highest BCUT2D eigenvalue weighted by Gasteiger charge is 2.37. The number of hydrogen-bond acceptors (Lipinski definition) is 1. The molecular weight excluding hydrogens is 737 g/mol. The van der Waals surface area contributed by atoms with Gasteiger partial charge in [0.2, 0.25) is 0 Å². The van der Waals surface area contributed by atoms with Gasteiger partial charge in [-0.25, -0.2) is 0 Å². The minimum Gasteiger partial charge on any atom is -0.310 e. The molecule has 9 rings (SSSR count). The Kier molecular flexibility index (Phi) is 10.1. The number of nitrogens with zero attached hydrogens (tertiary/aromatic N) is 2. The number of anilines is 3. The molecule has 1 aromatic heterocycles. The highest BCUT2D eigenvalue weighted by Crippen LogP contribution is 2.49. The van der Waals surface area contributed by atoms with Gasteiger partial charge in [0.05, 0.1) is 16.7 Å². The van der Waals surface area contributed by atoms with Crippen LogP contribution < -0.4 is 4.90 Å². The first kappa shape index (κ1) is 39.8. The van der Waals surface area contributed by atoms with Crippen molar-refractivity contribution >= 4 is 38.9 Å². The minimum atomic E-state index is -0.369. The van der Waals surface area contributed by atoms with Crippen LogP contribution in [0.1, 0.15) is 86.1 Å². The van der Waals surface area contributed by atoms with Gasteiger partial charge in [-0.15, -0.1) is 0 Å². The third-order valence-corrected chi connectivity index (χ3v) is 13.4. The van der Waals surface area contributed by atoms with Crippen LogP contribution in [-0.4, -0.2) is 4.57 Å². The van der Waals surface area contributed by atoms with E-state index in [9.17, 15) is 0 Å². The Morgan fingerprint density at radius 3 is 1.21 bits per heavy atom. The Bertz CT molecular complexity index is 2850. The SMILES string of the molecule is Cc1ccc(N(c2ccc(C)cc2)c2ccc3c(c2)c2ccccc2n3-c2c(C(C)(C)c3ccccc3)cc(C(C)(C)c3ccccc3)cc2C(C)(C)c2ccccc2)cc1. The number of aromatic nitrogens is 1. The van der Waals surface area contributed by atoms with Gasteiger partial charge in [-0.2, -0.15) is 0 Å². The van der Waals surface area contributed by atoms with Gasteiger partial charge < -0.3 is 9.47 Å². The van der Waals surface area contributed by atoms with Crippen LogP contribution in [-0.2, 0) is 16.2 Å². The highest BCUT2D eigenvalue weighted by molar-refractivity contribution is 6.11. The van der Waals surface area contributed by atoms with Crippen molar-refractivity contribution in [2.75, 3.05) is 4.90 Å². The molecule has 8 aromatic carbocycles. The van der Waals surface area contributed by atoms with E-state index in [1.54, 1.807) is 0 Å². The van der Waals surface area contributed by atoms with Gasteiger partial charge in [-0.05, 0) is 95.8 Å². The normalized spacial score (nSPS) is 12.3. The second kappa shape index (κ2) is 15.4. The summed E-state index contributed by atoms with van der Waals surface area (Å²) in [5.41, 5.74) is 16.2. The Morgan fingerprint density at radius 1 is 0.344 bits per heavy atom. The van der Waals surface area contributed by atoms with E-state index in [0.29, 0.717) is 0 Å². The first-order valence-electron chi connectivity index (χ1n) is 21.7. The maximum atomic E-state index is 2.59. The second-order valence-corrected chi connectivity index (χ2v) is 18.5. The molecule has 0 fully saturated rings. The zero-order chi connectivity index (χ0) is 42.5. The predicted octanol–water partition coefficient (Wildman–Crippen LogP) is 15.8. The summed E-state index contributed by atoms with van der Waals surface area (Å²) in [5, 5.41) is 2.45. The Hall–Kier alpha value is -6.64. The number of fused-ring (bicyclic) bond motifs is 3. The maximum Gasteiger partial charge on any atom is 0.0544 e. The van der Waals surface area contributed by atoms with Crippen molar-refractivity contribution in [3.8, 4) is 5.69 Å². The molecule has 0 saturated heterocycles. The van der Waals surface area contributed by atoms with Crippen LogP contribution in [0, 0.1) is 13.8 Å². The zero-order valence-corrected chi connectivity index (χ0v) is 36.9. The van der Waals surface area contributed by atoms with Gasteiger partial charge in [0.1, 0.15) is 0 Å². The van der Waals surface area contributed by atoms with E-state index in [2.05, 4.69) is 259 Å². The van der Waals surface area contributed by atoms with Gasteiger partial charge in [0.15, 0.2) is 0 Å². The van der Waals surface area contributed by atoms with Crippen molar-refractivity contribution in [1.29, 1.82) is 0 Å². The van der Waals surface area contributed by atoms with E-state index in [0.717, 1.165) is 17.1 Å². The summed E-state index contributed by atoms with van der Waals surface area (Å²) in [5.74, 6) is 0. The van der Waals surface area contributed by atoms with Crippen LogP contribution in [0.3, 0.4) is 0 Å². The van der Waals surface area contributed by atoms with Crippen molar-refractivity contribution in [3.63, 3.8) is 0 Å². The van der Waals surface area contributed by atoms with Gasteiger partial charge in [0.25, 0.3) is 0 Å². The minimum absolute atomic E-state index is 0.270. The van der Waals surface area contributed by atoms with E-state index in [1.165, 1.54) is 72.0 Å². The van der Waals surface area contributed by atoms with Crippen molar-refractivity contribution in [3.05, 3.63) is 239 Å². The van der Waals surface area contributed by atoms with Crippen molar-refractivity contribution in [2.45, 2.75) is 71.6 Å². The number of hydrogen-bond donors (Lipinski definition) is 0. The molecule has 0 aliphatic rings. The molecule has 0 N–H and O–H groups in total. The summed E-state index contributed by atoms with van der Waals surface area (Å²) in [6.07, 6.45) is 0. The molecule has 2 heteroatoms. The average Bonchev–Trinajstić information content (AvgIpc) is 3.61. The molecule has 0 bridgehead atoms. The number of rotatable bonds is 10. The van der Waals surface area contributed by atoms with Crippen molar-refractivity contribution in [2.24, 2.45) is 0 Å². The molecule has 0 saturated carbocycles. The molecule has 0 spiro atoms. The number of aryl methyl sites for hydroxylation is 2. The first-order chi connectivity index (χ1) is 29.4. The summed E-state index contributed by atoms with van der Waals surface area (Å²) < 4.78 is 2.59. The maximum absolute atomic E-state index is 2.59. The molecule has 0 aliphatic carbocycles. The lowest BCUT2D eigenvalue weighted by atomic mass is 9.68. The van der Waals surface area contributed by atoms with E-state index < -0.39 is 0 Å². The lowest BCUT2D eigenvalue weighted by Crippen LogP contribution is -2.30. The molecule has 2 nitrogen and oxygen atoms in total. The first-order valence-corrected chi connectivity index (χ1v) is 21.7. The van der Waals surface area contributed by atoms with Crippen LogP contribution in [0.2, 0.25) is 0 Å². The molecule has 9 aromatic rings. The van der Waals surface area contributed by atoms with Crippen LogP contribution in [0.5, 0.6) is 0 Å². The third-order valence-electron chi connectivity index (χ3n) is 13.4. The largest absolute Gasteiger partial charge is 0.310 e. The number of para-hydroxylation sites is 1. The van der Waals surface area contributed by atoms with E-state index in [-0.39, 0.29) is 16.2 Å². The van der Waals surface area contributed by atoms with Crippen molar-refractivity contribution < 1.29 is 0 Å². The Balaban J connectivity index is 1.39. The summed E-state index contributed by atoms with van der Waals surface area (Å²) in [7, 11) is 0. The summed E-state index contributed by atoms with van der Waals surface area (Å²) >= 11 is 0. The molecule has 0 aliphatic heterocycles. The smallest absolute Gasteiger partial charge is 0.0544 e. The van der Waals surface area contributed by atoms with Crippen LogP contribution in [0.25, 0.3) is 27.5 Å². The Labute approximate surface area is 362 Å². The van der Waals surface area contributed by atoms with E-state index in [1.807, 2.05) is 0 Å². The fourth-order valence-electron chi connectivity index (χ4n) is 9.41. The van der Waals surface area contributed by atoms with Crippen LogP contribution in [0.15, 0.2) is 194 Å². The zero-order valence-electron chi connectivity index (χ0n) is 36.9. The van der Waals surface area contributed by atoms with E-state index >= 15 is 0 Å². The fourth-order valence-corrected chi connectivity index (χ4v) is 9.41. The number of benzene rings is 8. The Morgan fingerprint density at radius 2 is 0.738 bits per heavy atom. The molecule has 0 atom stereocenters. The summed E-state index contributed by atoms with van der Waals surface area (Å²) in [4.78, 5) is 2.39. The molecule has 0 radical (unpaired) electrons. The standard InChI is InChI=1S/C59H56N2/c1-41-28-32-47(33-29-41)60(48-34-30-42(2)31-35-48)49-36-37-55-51(40-49)50-26-18-19-27-54(50)61(55)56-52(58(5,6)44-22-14-10-15-23-44)38-46(57(3,4)43-20-12-9-13-21-43)39-53(56)59(7,8)45-24-16-11-17-25-45/h9-40H,1-8H3. The second-order valence-electron chi connectivity index (χ2n) is 18.5. The van der Waals surface area contributed by atoms with Crippen LogP contribution in [0.4, 0.5) is 17.1 Å². The van der Waals surface area contributed by atoms with Gasteiger partial charge in [-0.1, -0.05) is 198 Å². The van der Waals surface area contributed by atoms with Gasteiger partial charge >= 0.3 is 0 Å². The molecule has 0 amide bonds. The quantitative estimate of drug-likeness (QED) is 0.134. The van der Waals surface area contributed by atoms with Gasteiger partial charge in [-0.3, -0.25) is 0 Å². The monoisotopic (exact) mass is 792 g/mol. The summed E-state index contributed by atoms with van der Waals surface area (Å²) in [6, 6.07) is 72.0. The average molecular weight is 793 g/mol. The van der Waals surface area contributed by atoms with Gasteiger partial charge in [0, 0.05) is 44.1 Å². The molecule has 61 heavy (non-hydrogen) atoms. The molecule has 1 heterocycles. The lowest BCUT2D eigenvalue weighted by Gasteiger charge is -2.38. The van der Waals surface area contributed by atoms with E-state index in [4.69, 9.17) is 0 Å². The molecule has 302 valence electrons. The predicted molar refractivity (Wildman–Crippen MR) is 261 cm³/mol.